The standard InChI is InChI=1S/C14H14O3/c1-8(2)17-12-6-4-5-10-13(12)11(15)7-9(3)14(10)16/h4-8H,1-3H3. The highest BCUT2D eigenvalue weighted by atomic mass is 16.5. The average molecular weight is 230 g/mol. The number of hydrogen-bond donors (Lipinski definition) is 0. The van der Waals surface area contributed by atoms with Crippen LogP contribution < -0.4 is 4.74 Å². The number of carbonyl (C=O) groups is 2. The van der Waals surface area contributed by atoms with Crippen LogP contribution in [0.4, 0.5) is 0 Å². The quantitative estimate of drug-likeness (QED) is 0.784. The molecule has 0 atom stereocenters. The normalized spacial score (nSPS) is 14.7. The first-order valence-corrected chi connectivity index (χ1v) is 5.57. The molecule has 0 radical (unpaired) electrons. The molecule has 2 rings (SSSR count). The first-order valence-electron chi connectivity index (χ1n) is 5.57. The van der Waals surface area contributed by atoms with Crippen molar-refractivity contribution in [2.75, 3.05) is 0 Å². The van der Waals surface area contributed by atoms with Gasteiger partial charge in [0.25, 0.3) is 0 Å². The van der Waals surface area contributed by atoms with E-state index in [4.69, 9.17) is 4.74 Å². The summed E-state index contributed by atoms with van der Waals surface area (Å²) in [7, 11) is 0. The Morgan fingerprint density at radius 1 is 1.18 bits per heavy atom. The summed E-state index contributed by atoms with van der Waals surface area (Å²) in [6.45, 7) is 5.42. The zero-order valence-electron chi connectivity index (χ0n) is 10.1. The first kappa shape index (κ1) is 11.6. The van der Waals surface area contributed by atoms with Gasteiger partial charge in [-0.2, -0.15) is 0 Å². The summed E-state index contributed by atoms with van der Waals surface area (Å²) in [6, 6.07) is 5.12. The van der Waals surface area contributed by atoms with E-state index in [1.807, 2.05) is 13.8 Å². The molecule has 0 saturated heterocycles. The lowest BCUT2D eigenvalue weighted by Gasteiger charge is -2.18. The Bertz CT molecular complexity index is 524. The monoisotopic (exact) mass is 230 g/mol. The van der Waals surface area contributed by atoms with E-state index in [0.29, 0.717) is 22.4 Å². The molecule has 0 amide bonds. The largest absolute Gasteiger partial charge is 0.490 e. The Morgan fingerprint density at radius 2 is 1.88 bits per heavy atom. The van der Waals surface area contributed by atoms with Crippen LogP contribution in [0.25, 0.3) is 0 Å². The third-order valence-electron chi connectivity index (χ3n) is 2.59. The molecule has 0 bridgehead atoms. The maximum Gasteiger partial charge on any atom is 0.190 e. The molecule has 1 aliphatic carbocycles. The molecule has 88 valence electrons. The Morgan fingerprint density at radius 3 is 2.53 bits per heavy atom. The van der Waals surface area contributed by atoms with Crippen LogP contribution in [0.1, 0.15) is 41.5 Å². The SMILES string of the molecule is CC1=CC(=O)c2c(OC(C)C)cccc2C1=O. The van der Waals surface area contributed by atoms with Gasteiger partial charge in [-0.05, 0) is 32.9 Å². The second-order valence-electron chi connectivity index (χ2n) is 4.37. The van der Waals surface area contributed by atoms with Crippen LogP contribution in [0.15, 0.2) is 29.8 Å². The van der Waals surface area contributed by atoms with Crippen LogP contribution in [0.3, 0.4) is 0 Å². The van der Waals surface area contributed by atoms with E-state index in [9.17, 15) is 9.59 Å². The molecular weight excluding hydrogens is 216 g/mol. The van der Waals surface area contributed by atoms with E-state index >= 15 is 0 Å². The Balaban J connectivity index is 2.58. The van der Waals surface area contributed by atoms with Crippen molar-refractivity contribution in [2.45, 2.75) is 26.9 Å². The third-order valence-corrected chi connectivity index (χ3v) is 2.59. The van der Waals surface area contributed by atoms with Crippen LogP contribution in [-0.4, -0.2) is 17.7 Å². The molecule has 3 nitrogen and oxygen atoms in total. The molecule has 1 aliphatic rings. The maximum absolute atomic E-state index is 11.9. The molecule has 0 aromatic heterocycles. The number of ketones is 2. The zero-order chi connectivity index (χ0) is 12.6. The number of benzene rings is 1. The average Bonchev–Trinajstić information content (AvgIpc) is 2.25. The van der Waals surface area contributed by atoms with E-state index in [-0.39, 0.29) is 17.7 Å². The van der Waals surface area contributed by atoms with E-state index in [1.165, 1.54) is 6.08 Å². The molecular formula is C14H14O3. The fraction of sp³-hybridized carbons (Fsp3) is 0.286. The van der Waals surface area contributed by atoms with Gasteiger partial charge in [0.1, 0.15) is 5.75 Å². The van der Waals surface area contributed by atoms with Gasteiger partial charge in [0.15, 0.2) is 11.6 Å². The molecule has 3 heteroatoms. The van der Waals surface area contributed by atoms with Gasteiger partial charge in [0.2, 0.25) is 0 Å². The third kappa shape index (κ3) is 2.00. The summed E-state index contributed by atoms with van der Waals surface area (Å²) in [5, 5.41) is 0. The van der Waals surface area contributed by atoms with E-state index in [0.717, 1.165) is 0 Å². The maximum atomic E-state index is 11.9. The highest BCUT2D eigenvalue weighted by Gasteiger charge is 2.26. The van der Waals surface area contributed by atoms with Crippen LogP contribution in [0, 0.1) is 0 Å². The van der Waals surface area contributed by atoms with Gasteiger partial charge in [0.05, 0.1) is 11.7 Å². The van der Waals surface area contributed by atoms with Gasteiger partial charge in [-0.1, -0.05) is 12.1 Å². The van der Waals surface area contributed by atoms with Crippen molar-refractivity contribution < 1.29 is 14.3 Å². The number of Topliss-reactive ketones (excluding diaryl/α,β-unsaturated/α-hetero) is 1. The summed E-state index contributed by atoms with van der Waals surface area (Å²) in [5.41, 5.74) is 1.30. The molecule has 1 aromatic carbocycles. The van der Waals surface area contributed by atoms with Crippen molar-refractivity contribution in [3.05, 3.63) is 41.0 Å². The highest BCUT2D eigenvalue weighted by molar-refractivity contribution is 6.25. The van der Waals surface area contributed by atoms with Crippen molar-refractivity contribution in [3.63, 3.8) is 0 Å². The minimum absolute atomic E-state index is 0.0311. The van der Waals surface area contributed by atoms with Gasteiger partial charge < -0.3 is 4.74 Å². The first-order chi connectivity index (χ1) is 8.00. The molecule has 0 aliphatic heterocycles. The predicted octanol–water partition coefficient (Wildman–Crippen LogP) is 2.80. The van der Waals surface area contributed by atoms with Gasteiger partial charge in [0, 0.05) is 11.1 Å². The summed E-state index contributed by atoms with van der Waals surface area (Å²) >= 11 is 0. The number of ether oxygens (including phenoxy) is 1. The van der Waals surface area contributed by atoms with Crippen LogP contribution >= 0.6 is 0 Å². The fourth-order valence-corrected chi connectivity index (χ4v) is 1.87. The second-order valence-corrected chi connectivity index (χ2v) is 4.37. The van der Waals surface area contributed by atoms with Gasteiger partial charge in [-0.15, -0.1) is 0 Å². The lowest BCUT2D eigenvalue weighted by molar-refractivity contribution is 0.0979. The van der Waals surface area contributed by atoms with Gasteiger partial charge in [-0.3, -0.25) is 9.59 Å². The van der Waals surface area contributed by atoms with E-state index in [2.05, 4.69) is 0 Å². The number of allylic oxidation sites excluding steroid dienone is 2. The van der Waals surface area contributed by atoms with Crippen molar-refractivity contribution in [1.82, 2.24) is 0 Å². The second kappa shape index (κ2) is 4.17. The molecule has 0 unspecified atom stereocenters. The van der Waals surface area contributed by atoms with E-state index < -0.39 is 0 Å². The van der Waals surface area contributed by atoms with Crippen LogP contribution in [-0.2, 0) is 0 Å². The molecule has 0 saturated carbocycles. The van der Waals surface area contributed by atoms with Gasteiger partial charge >= 0.3 is 0 Å². The molecule has 0 N–H and O–H groups in total. The molecule has 0 spiro atoms. The zero-order valence-corrected chi connectivity index (χ0v) is 10.1. The minimum atomic E-state index is -0.159. The van der Waals surface area contributed by atoms with E-state index in [1.54, 1.807) is 25.1 Å². The van der Waals surface area contributed by atoms with Crippen molar-refractivity contribution in [1.29, 1.82) is 0 Å². The molecule has 17 heavy (non-hydrogen) atoms. The minimum Gasteiger partial charge on any atom is -0.490 e. The number of fused-ring (bicyclic) bond motifs is 1. The molecule has 0 fully saturated rings. The number of hydrogen-bond acceptors (Lipinski definition) is 3. The highest BCUT2D eigenvalue weighted by Crippen LogP contribution is 2.29. The Kier molecular flexibility index (Phi) is 2.84. The fourth-order valence-electron chi connectivity index (χ4n) is 1.87. The smallest absolute Gasteiger partial charge is 0.190 e. The Hall–Kier alpha value is -1.90. The predicted molar refractivity (Wildman–Crippen MR) is 64.6 cm³/mol. The summed E-state index contributed by atoms with van der Waals surface area (Å²) in [6.07, 6.45) is 1.34. The molecule has 1 aromatic rings. The lowest BCUT2D eigenvalue weighted by atomic mass is 9.89. The lowest BCUT2D eigenvalue weighted by Crippen LogP contribution is -2.18. The Labute approximate surface area is 100 Å². The van der Waals surface area contributed by atoms with Gasteiger partial charge in [-0.25, -0.2) is 0 Å². The number of rotatable bonds is 2. The van der Waals surface area contributed by atoms with Crippen molar-refractivity contribution in [2.24, 2.45) is 0 Å². The topological polar surface area (TPSA) is 43.4 Å². The van der Waals surface area contributed by atoms with Crippen LogP contribution in [0.2, 0.25) is 0 Å². The summed E-state index contributed by atoms with van der Waals surface area (Å²) < 4.78 is 5.56. The number of carbonyl (C=O) groups excluding carboxylic acids is 2. The summed E-state index contributed by atoms with van der Waals surface area (Å²) in [5.74, 6) is 0.224. The van der Waals surface area contributed by atoms with Crippen molar-refractivity contribution >= 4 is 11.6 Å². The summed E-state index contributed by atoms with van der Waals surface area (Å²) in [4.78, 5) is 23.9. The van der Waals surface area contributed by atoms with Crippen LogP contribution in [0.5, 0.6) is 5.75 Å². The molecule has 0 heterocycles. The van der Waals surface area contributed by atoms with Crippen molar-refractivity contribution in [3.8, 4) is 5.75 Å².